The molecule has 0 aromatic heterocycles. The van der Waals surface area contributed by atoms with Crippen LogP contribution in [0.5, 0.6) is 0 Å². The molecule has 0 rings (SSSR count). The zero-order valence-electron chi connectivity index (χ0n) is 14.4. The molecule has 4 nitrogen and oxygen atoms in total. The number of carbonyl (C=O) groups is 1. The summed E-state index contributed by atoms with van der Waals surface area (Å²) in [7, 11) is -1.63. The van der Waals surface area contributed by atoms with Crippen molar-refractivity contribution >= 4 is 14.1 Å². The molecule has 0 saturated heterocycles. The molecule has 0 aromatic rings. The molecular formula is C15H33N3OSi. The monoisotopic (exact) mass is 299 g/mol. The van der Waals surface area contributed by atoms with Gasteiger partial charge in [0.1, 0.15) is 0 Å². The van der Waals surface area contributed by atoms with Gasteiger partial charge in [0.05, 0.1) is 0 Å². The summed E-state index contributed by atoms with van der Waals surface area (Å²) in [4.78, 5) is 15.0. The van der Waals surface area contributed by atoms with Gasteiger partial charge in [-0.2, -0.15) is 0 Å². The van der Waals surface area contributed by atoms with Gasteiger partial charge in [-0.05, 0) is 23.5 Å². The highest BCUT2D eigenvalue weighted by molar-refractivity contribution is 6.81. The van der Waals surface area contributed by atoms with Crippen LogP contribution in [0, 0.1) is 0 Å². The van der Waals surface area contributed by atoms with Gasteiger partial charge < -0.3 is 10.4 Å². The number of rotatable bonds is 8. The van der Waals surface area contributed by atoms with Gasteiger partial charge in [-0.15, -0.1) is 0 Å². The van der Waals surface area contributed by atoms with Gasteiger partial charge >= 0.3 is 0 Å². The Kier molecular flexibility index (Phi) is 7.94. The minimum Gasteiger partial charge on any atom is -0.414 e. The van der Waals surface area contributed by atoms with Crippen molar-refractivity contribution in [2.45, 2.75) is 78.4 Å². The second-order valence-corrected chi connectivity index (χ2v) is 12.0. The van der Waals surface area contributed by atoms with E-state index < -0.39 is 8.24 Å². The molecule has 0 spiro atoms. The van der Waals surface area contributed by atoms with Crippen LogP contribution in [-0.4, -0.2) is 14.1 Å². The Bertz CT molecular complexity index is 316. The third kappa shape index (κ3) is 4.85. The summed E-state index contributed by atoms with van der Waals surface area (Å²) in [5, 5.41) is 0. The Hall–Kier alpha value is -0.973. The number of carbonyl (C=O) groups excluding carboxylic acids is 1. The van der Waals surface area contributed by atoms with Gasteiger partial charge in [0.2, 0.25) is 5.91 Å². The molecule has 0 fully saturated rings. The van der Waals surface area contributed by atoms with Crippen molar-refractivity contribution in [3.63, 3.8) is 0 Å². The minimum absolute atomic E-state index is 0.00200. The van der Waals surface area contributed by atoms with Crippen LogP contribution >= 0.6 is 0 Å². The van der Waals surface area contributed by atoms with Crippen LogP contribution in [0.15, 0.2) is 11.9 Å². The first-order chi connectivity index (χ1) is 9.18. The van der Waals surface area contributed by atoms with Crippen molar-refractivity contribution < 1.29 is 4.79 Å². The molecule has 3 N–H and O–H groups in total. The second kappa shape index (κ2) is 8.34. The quantitative estimate of drug-likeness (QED) is 0.474. The van der Waals surface area contributed by atoms with Crippen molar-refractivity contribution in [3.8, 4) is 0 Å². The Labute approximate surface area is 125 Å². The zero-order chi connectivity index (χ0) is 15.9. The fraction of sp³-hybridized carbons (Fsp3) is 0.800. The average molecular weight is 300 g/mol. The highest BCUT2D eigenvalue weighted by atomic mass is 28.3. The molecule has 0 unspecified atom stereocenters. The third-order valence-electron chi connectivity index (χ3n) is 4.12. The molecule has 0 aromatic carbocycles. The number of hydrogen-bond donors (Lipinski definition) is 3. The van der Waals surface area contributed by atoms with E-state index in [-0.39, 0.29) is 5.91 Å². The molecule has 118 valence electrons. The molecular weight excluding hydrogens is 266 g/mol. The summed E-state index contributed by atoms with van der Waals surface area (Å²) in [6.07, 6.45) is 2.51. The van der Waals surface area contributed by atoms with E-state index in [1.165, 1.54) is 0 Å². The maximum absolute atomic E-state index is 11.2. The summed E-state index contributed by atoms with van der Waals surface area (Å²) in [6.45, 7) is 17.7. The molecule has 0 atom stereocenters. The predicted molar refractivity (Wildman–Crippen MR) is 89.5 cm³/mol. The Morgan fingerprint density at radius 1 is 1.00 bits per heavy atom. The molecule has 0 aliphatic rings. The summed E-state index contributed by atoms with van der Waals surface area (Å²) in [5.41, 5.74) is 8.50. The summed E-state index contributed by atoms with van der Waals surface area (Å²) in [5.74, 6) is -0.00200. The summed E-state index contributed by atoms with van der Waals surface area (Å²) >= 11 is 0. The normalized spacial score (nSPS) is 13.1. The molecule has 20 heavy (non-hydrogen) atoms. The molecule has 5 heteroatoms. The van der Waals surface area contributed by atoms with Crippen LogP contribution in [0.3, 0.4) is 0 Å². The smallest absolute Gasteiger partial charge is 0.238 e. The molecule has 0 bridgehead atoms. The summed E-state index contributed by atoms with van der Waals surface area (Å²) in [6, 6.07) is 0. The van der Waals surface area contributed by atoms with E-state index in [0.717, 1.165) is 5.70 Å². The lowest BCUT2D eigenvalue weighted by Gasteiger charge is -2.43. The third-order valence-corrected chi connectivity index (χ3v) is 10.5. The molecule has 0 saturated carbocycles. The van der Waals surface area contributed by atoms with Crippen LogP contribution in [0.1, 0.15) is 61.8 Å². The van der Waals surface area contributed by atoms with Crippen molar-refractivity contribution in [3.05, 3.63) is 11.9 Å². The van der Waals surface area contributed by atoms with Gasteiger partial charge in [-0.1, -0.05) is 48.5 Å². The SMILES string of the molecule is CCC(=O)NN/C(C)=C/N[Si](C(C)C)(C(C)C)C(C)C. The Balaban J connectivity index is 4.88. The number of hydrazine groups is 1. The van der Waals surface area contributed by atoms with Crippen molar-refractivity contribution in [1.82, 2.24) is 15.8 Å². The molecule has 0 radical (unpaired) electrons. The highest BCUT2D eigenvalue weighted by Gasteiger charge is 2.42. The fourth-order valence-electron chi connectivity index (χ4n) is 3.03. The van der Waals surface area contributed by atoms with Gasteiger partial charge in [0.15, 0.2) is 8.24 Å². The molecule has 0 aliphatic heterocycles. The average Bonchev–Trinajstić information content (AvgIpc) is 2.35. The van der Waals surface area contributed by atoms with E-state index in [2.05, 4.69) is 57.4 Å². The van der Waals surface area contributed by atoms with Crippen molar-refractivity contribution in [2.75, 3.05) is 0 Å². The lowest BCUT2D eigenvalue weighted by molar-refractivity contribution is -0.121. The number of allylic oxidation sites excluding steroid dienone is 1. The maximum atomic E-state index is 11.2. The van der Waals surface area contributed by atoms with Crippen molar-refractivity contribution in [1.29, 1.82) is 0 Å². The van der Waals surface area contributed by atoms with Crippen LogP contribution in [-0.2, 0) is 4.79 Å². The van der Waals surface area contributed by atoms with Gasteiger partial charge in [0, 0.05) is 18.3 Å². The number of amides is 1. The number of nitrogens with one attached hydrogen (secondary N) is 3. The first-order valence-electron chi connectivity index (χ1n) is 7.67. The van der Waals surface area contributed by atoms with Crippen LogP contribution in [0.25, 0.3) is 0 Å². The van der Waals surface area contributed by atoms with E-state index in [1.807, 2.05) is 20.0 Å². The largest absolute Gasteiger partial charge is 0.414 e. The lowest BCUT2D eigenvalue weighted by Crippen LogP contribution is -2.56. The van der Waals surface area contributed by atoms with E-state index in [0.29, 0.717) is 23.0 Å². The van der Waals surface area contributed by atoms with E-state index in [1.54, 1.807) is 0 Å². The zero-order valence-corrected chi connectivity index (χ0v) is 15.4. The maximum Gasteiger partial charge on any atom is 0.238 e. The fourth-order valence-corrected chi connectivity index (χ4v) is 8.49. The molecule has 1 amide bonds. The first-order valence-corrected chi connectivity index (χ1v) is 9.90. The Morgan fingerprint density at radius 3 is 1.80 bits per heavy atom. The van der Waals surface area contributed by atoms with Gasteiger partial charge in [-0.3, -0.25) is 10.2 Å². The van der Waals surface area contributed by atoms with E-state index in [4.69, 9.17) is 0 Å². The van der Waals surface area contributed by atoms with Gasteiger partial charge in [0.25, 0.3) is 0 Å². The predicted octanol–water partition coefficient (Wildman–Crippen LogP) is 3.64. The lowest BCUT2D eigenvalue weighted by atomic mass is 10.5. The first kappa shape index (κ1) is 19.0. The second-order valence-electron chi connectivity index (χ2n) is 6.40. The molecule has 0 heterocycles. The van der Waals surface area contributed by atoms with Crippen molar-refractivity contribution in [2.24, 2.45) is 0 Å². The van der Waals surface area contributed by atoms with E-state index >= 15 is 0 Å². The van der Waals surface area contributed by atoms with E-state index in [9.17, 15) is 4.79 Å². The number of hydrogen-bond acceptors (Lipinski definition) is 3. The van der Waals surface area contributed by atoms with Crippen LogP contribution in [0.2, 0.25) is 16.6 Å². The van der Waals surface area contributed by atoms with Crippen LogP contribution < -0.4 is 15.8 Å². The summed E-state index contributed by atoms with van der Waals surface area (Å²) < 4.78 is 0. The molecule has 0 aliphatic carbocycles. The highest BCUT2D eigenvalue weighted by Crippen LogP contribution is 2.38. The standard InChI is InChI=1S/C15H33N3OSi/c1-9-15(19)18-17-14(8)10-16-20(11(2)3,12(4)5)13(6)7/h10-13,16-17H,9H2,1-8H3,(H,18,19)/b14-10+. The Morgan fingerprint density at radius 2 is 1.45 bits per heavy atom. The van der Waals surface area contributed by atoms with Gasteiger partial charge in [-0.25, -0.2) is 0 Å². The van der Waals surface area contributed by atoms with Crippen LogP contribution in [0.4, 0.5) is 0 Å². The minimum atomic E-state index is -1.63. The topological polar surface area (TPSA) is 53.2 Å².